The first-order valence-electron chi connectivity index (χ1n) is 7.11. The topological polar surface area (TPSA) is 58.6 Å². The van der Waals surface area contributed by atoms with Gasteiger partial charge in [0, 0.05) is 25.1 Å². The zero-order chi connectivity index (χ0) is 15.7. The summed E-state index contributed by atoms with van der Waals surface area (Å²) in [4.78, 5) is 12.3. The molecule has 0 aliphatic rings. The van der Waals surface area contributed by atoms with Crippen molar-refractivity contribution >= 4 is 5.91 Å². The summed E-state index contributed by atoms with van der Waals surface area (Å²) in [5, 5.41) is 11.6. The van der Waals surface area contributed by atoms with Gasteiger partial charge in [0.25, 0.3) is 5.91 Å². The highest BCUT2D eigenvalue weighted by Crippen LogP contribution is 2.10. The second-order valence-corrected chi connectivity index (χ2v) is 5.20. The van der Waals surface area contributed by atoms with E-state index in [1.54, 1.807) is 18.2 Å². The molecule has 2 N–H and O–H groups in total. The number of carbonyl (C=O) groups is 1. The van der Waals surface area contributed by atoms with Crippen molar-refractivity contribution < 1.29 is 14.6 Å². The molecule has 0 bridgehead atoms. The van der Waals surface area contributed by atoms with E-state index in [-0.39, 0.29) is 12.5 Å². The standard InChI is InChI=1S/C17H23NO3/c1-4-21-17(2,3)13-18-16(20)15-11-6-5-9-14(15)10-7-8-12-19/h5-6,9,11,19H,4,8,12-13H2,1-3H3,(H,18,20). The first kappa shape index (κ1) is 17.2. The fourth-order valence-electron chi connectivity index (χ4n) is 1.83. The van der Waals surface area contributed by atoms with Gasteiger partial charge in [0.1, 0.15) is 0 Å². The van der Waals surface area contributed by atoms with Crippen molar-refractivity contribution in [1.29, 1.82) is 0 Å². The van der Waals surface area contributed by atoms with Crippen molar-refractivity contribution in [2.45, 2.75) is 32.8 Å². The summed E-state index contributed by atoms with van der Waals surface area (Å²) in [6.07, 6.45) is 0.396. The number of aliphatic hydroxyl groups excluding tert-OH is 1. The molecule has 21 heavy (non-hydrogen) atoms. The summed E-state index contributed by atoms with van der Waals surface area (Å²) in [6, 6.07) is 7.18. The fourth-order valence-corrected chi connectivity index (χ4v) is 1.83. The van der Waals surface area contributed by atoms with E-state index in [0.29, 0.717) is 30.7 Å². The molecule has 1 amide bonds. The molecule has 0 saturated heterocycles. The lowest BCUT2D eigenvalue weighted by Gasteiger charge is -2.25. The maximum absolute atomic E-state index is 12.3. The zero-order valence-corrected chi connectivity index (χ0v) is 12.9. The molecule has 0 unspecified atom stereocenters. The van der Waals surface area contributed by atoms with Gasteiger partial charge in [-0.15, -0.1) is 0 Å². The van der Waals surface area contributed by atoms with E-state index in [0.717, 1.165) is 0 Å². The first-order chi connectivity index (χ1) is 10.00. The van der Waals surface area contributed by atoms with Crippen LogP contribution in [0.1, 0.15) is 43.1 Å². The molecule has 1 rings (SSSR count). The average Bonchev–Trinajstić information content (AvgIpc) is 2.46. The number of nitrogens with one attached hydrogen (secondary N) is 1. The number of amides is 1. The molecular weight excluding hydrogens is 266 g/mol. The van der Waals surface area contributed by atoms with E-state index in [2.05, 4.69) is 17.2 Å². The predicted octanol–water partition coefficient (Wildman–Crippen LogP) is 1.97. The molecule has 4 heteroatoms. The van der Waals surface area contributed by atoms with Gasteiger partial charge >= 0.3 is 0 Å². The van der Waals surface area contributed by atoms with Crippen LogP contribution in [0, 0.1) is 11.8 Å². The Morgan fingerprint density at radius 1 is 1.38 bits per heavy atom. The Bertz CT molecular complexity index is 526. The van der Waals surface area contributed by atoms with Gasteiger partial charge in [-0.1, -0.05) is 24.0 Å². The molecule has 0 radical (unpaired) electrons. The molecule has 4 nitrogen and oxygen atoms in total. The van der Waals surface area contributed by atoms with Crippen molar-refractivity contribution in [3.8, 4) is 11.8 Å². The maximum atomic E-state index is 12.3. The first-order valence-corrected chi connectivity index (χ1v) is 7.11. The molecule has 0 heterocycles. The van der Waals surface area contributed by atoms with Crippen LogP contribution < -0.4 is 5.32 Å². The second kappa shape index (κ2) is 8.46. The molecule has 0 fully saturated rings. The van der Waals surface area contributed by atoms with Crippen LogP contribution in [-0.2, 0) is 4.74 Å². The predicted molar refractivity (Wildman–Crippen MR) is 83.1 cm³/mol. The van der Waals surface area contributed by atoms with E-state index in [1.807, 2.05) is 26.8 Å². The molecule has 0 aromatic heterocycles. The number of carbonyl (C=O) groups excluding carboxylic acids is 1. The summed E-state index contributed by atoms with van der Waals surface area (Å²) < 4.78 is 5.55. The summed E-state index contributed by atoms with van der Waals surface area (Å²) in [7, 11) is 0. The van der Waals surface area contributed by atoms with E-state index in [9.17, 15) is 4.79 Å². The molecule has 0 spiro atoms. The monoisotopic (exact) mass is 289 g/mol. The second-order valence-electron chi connectivity index (χ2n) is 5.20. The molecule has 0 saturated carbocycles. The Labute approximate surface area is 126 Å². The number of rotatable bonds is 6. The molecule has 0 atom stereocenters. The van der Waals surface area contributed by atoms with E-state index >= 15 is 0 Å². The number of hydrogen-bond acceptors (Lipinski definition) is 3. The van der Waals surface area contributed by atoms with Gasteiger partial charge in [0.05, 0.1) is 17.8 Å². The smallest absolute Gasteiger partial charge is 0.252 e. The highest BCUT2D eigenvalue weighted by Gasteiger charge is 2.19. The van der Waals surface area contributed by atoms with Crippen molar-refractivity contribution in [3.05, 3.63) is 35.4 Å². The van der Waals surface area contributed by atoms with Crippen molar-refractivity contribution in [2.24, 2.45) is 0 Å². The lowest BCUT2D eigenvalue weighted by molar-refractivity contribution is -0.00815. The summed E-state index contributed by atoms with van der Waals surface area (Å²) >= 11 is 0. The zero-order valence-electron chi connectivity index (χ0n) is 12.9. The van der Waals surface area contributed by atoms with Crippen LogP contribution in [0.15, 0.2) is 24.3 Å². The van der Waals surface area contributed by atoms with Crippen LogP contribution in [-0.4, -0.2) is 36.4 Å². The molecule has 1 aromatic rings. The molecular formula is C17H23NO3. The Morgan fingerprint density at radius 2 is 2.10 bits per heavy atom. The average molecular weight is 289 g/mol. The third-order valence-corrected chi connectivity index (χ3v) is 2.84. The minimum Gasteiger partial charge on any atom is -0.395 e. The van der Waals surface area contributed by atoms with E-state index in [4.69, 9.17) is 9.84 Å². The van der Waals surface area contributed by atoms with Gasteiger partial charge in [0.2, 0.25) is 0 Å². The van der Waals surface area contributed by atoms with Crippen molar-refractivity contribution in [3.63, 3.8) is 0 Å². The van der Waals surface area contributed by atoms with Gasteiger partial charge in [0.15, 0.2) is 0 Å². The van der Waals surface area contributed by atoms with Gasteiger partial charge in [-0.3, -0.25) is 4.79 Å². The van der Waals surface area contributed by atoms with E-state index < -0.39 is 5.60 Å². The minimum atomic E-state index is -0.401. The molecule has 0 aliphatic carbocycles. The third kappa shape index (κ3) is 5.99. The van der Waals surface area contributed by atoms with Gasteiger partial charge < -0.3 is 15.2 Å². The molecule has 0 aliphatic heterocycles. The SMILES string of the molecule is CCOC(C)(C)CNC(=O)c1ccccc1C#CCCO. The van der Waals surface area contributed by atoms with E-state index in [1.165, 1.54) is 0 Å². The summed E-state index contributed by atoms with van der Waals surface area (Å²) in [6.45, 7) is 6.84. The maximum Gasteiger partial charge on any atom is 0.252 e. The number of benzene rings is 1. The lowest BCUT2D eigenvalue weighted by atomic mass is 10.1. The Balaban J connectivity index is 2.77. The van der Waals surface area contributed by atoms with Crippen LogP contribution in [0.3, 0.4) is 0 Å². The highest BCUT2D eigenvalue weighted by molar-refractivity contribution is 5.96. The van der Waals surface area contributed by atoms with Crippen molar-refractivity contribution in [1.82, 2.24) is 5.32 Å². The van der Waals surface area contributed by atoms with Gasteiger partial charge in [-0.2, -0.15) is 0 Å². The van der Waals surface area contributed by atoms with Crippen LogP contribution in [0.25, 0.3) is 0 Å². The Hall–Kier alpha value is -1.83. The van der Waals surface area contributed by atoms with Crippen LogP contribution >= 0.6 is 0 Å². The molecule has 1 aromatic carbocycles. The third-order valence-electron chi connectivity index (χ3n) is 2.84. The Kier molecular flexibility index (Phi) is 6.93. The Morgan fingerprint density at radius 3 is 2.76 bits per heavy atom. The van der Waals surface area contributed by atoms with Gasteiger partial charge in [-0.05, 0) is 32.9 Å². The summed E-state index contributed by atoms with van der Waals surface area (Å²) in [5.74, 6) is 5.58. The minimum absolute atomic E-state index is 0.0178. The summed E-state index contributed by atoms with van der Waals surface area (Å²) in [5.41, 5.74) is 0.801. The largest absolute Gasteiger partial charge is 0.395 e. The number of hydrogen-bond donors (Lipinski definition) is 2. The van der Waals surface area contributed by atoms with Crippen LogP contribution in [0.5, 0.6) is 0 Å². The normalized spacial score (nSPS) is 10.7. The lowest BCUT2D eigenvalue weighted by Crippen LogP contribution is -2.40. The fraction of sp³-hybridized carbons (Fsp3) is 0.471. The van der Waals surface area contributed by atoms with Crippen LogP contribution in [0.4, 0.5) is 0 Å². The number of ether oxygens (including phenoxy) is 1. The molecule has 114 valence electrons. The number of aliphatic hydroxyl groups is 1. The highest BCUT2D eigenvalue weighted by atomic mass is 16.5. The van der Waals surface area contributed by atoms with Gasteiger partial charge in [-0.25, -0.2) is 0 Å². The van der Waals surface area contributed by atoms with Crippen molar-refractivity contribution in [2.75, 3.05) is 19.8 Å². The quantitative estimate of drug-likeness (QED) is 0.787. The van der Waals surface area contributed by atoms with Crippen LogP contribution in [0.2, 0.25) is 0 Å².